The van der Waals surface area contributed by atoms with Gasteiger partial charge in [-0.25, -0.2) is 4.98 Å². The summed E-state index contributed by atoms with van der Waals surface area (Å²) in [5.74, 6) is 2.37. The zero-order chi connectivity index (χ0) is 13.1. The van der Waals surface area contributed by atoms with Crippen molar-refractivity contribution in [2.75, 3.05) is 24.3 Å². The smallest absolute Gasteiger partial charge is 0.229 e. The number of nitrogens with two attached hydrogens (primary N) is 1. The van der Waals surface area contributed by atoms with Gasteiger partial charge >= 0.3 is 0 Å². The third-order valence-corrected chi connectivity index (χ3v) is 2.68. The molecule has 0 bridgehead atoms. The predicted octanol–water partition coefficient (Wildman–Crippen LogP) is 1.96. The Morgan fingerprint density at radius 3 is 2.79 bits per heavy atom. The zero-order valence-corrected chi connectivity index (χ0v) is 10.3. The lowest BCUT2D eigenvalue weighted by molar-refractivity contribution is 0.297. The van der Waals surface area contributed by atoms with E-state index < -0.39 is 0 Å². The Hall–Kier alpha value is -2.50. The Kier molecular flexibility index (Phi) is 3.06. The lowest BCUT2D eigenvalue weighted by atomic mass is 10.3. The van der Waals surface area contributed by atoms with E-state index in [1.54, 1.807) is 12.3 Å². The summed E-state index contributed by atoms with van der Waals surface area (Å²) in [5.41, 5.74) is 6.44. The largest absolute Gasteiger partial charge is 0.490 e. The highest BCUT2D eigenvalue weighted by Gasteiger charge is 2.11. The van der Waals surface area contributed by atoms with Crippen LogP contribution in [-0.2, 0) is 0 Å². The second-order valence-electron chi connectivity index (χ2n) is 4.14. The molecular formula is C13H14N4O2. The number of anilines is 3. The van der Waals surface area contributed by atoms with Crippen molar-refractivity contribution in [2.24, 2.45) is 0 Å². The van der Waals surface area contributed by atoms with Gasteiger partial charge in [0.25, 0.3) is 0 Å². The normalized spacial score (nSPS) is 13.7. The molecule has 0 unspecified atom stereocenters. The molecule has 1 aliphatic rings. The fourth-order valence-electron chi connectivity index (χ4n) is 1.80. The van der Waals surface area contributed by atoms with Gasteiger partial charge in [0.05, 0.1) is 13.2 Å². The summed E-state index contributed by atoms with van der Waals surface area (Å²) >= 11 is 0. The van der Waals surface area contributed by atoms with Crippen molar-refractivity contribution in [2.45, 2.75) is 6.42 Å². The number of ether oxygens (including phenoxy) is 2. The molecule has 0 atom stereocenters. The molecule has 3 N–H and O–H groups in total. The maximum atomic E-state index is 5.62. The molecule has 0 radical (unpaired) electrons. The second-order valence-corrected chi connectivity index (χ2v) is 4.14. The molecule has 2 aromatic rings. The molecule has 98 valence electrons. The molecule has 0 spiro atoms. The van der Waals surface area contributed by atoms with E-state index in [-0.39, 0.29) is 0 Å². The molecule has 0 aliphatic carbocycles. The summed E-state index contributed by atoms with van der Waals surface area (Å²) < 4.78 is 11.2. The number of nitrogen functional groups attached to an aromatic ring is 1. The Balaban J connectivity index is 1.84. The summed E-state index contributed by atoms with van der Waals surface area (Å²) in [6, 6.07) is 7.27. The minimum Gasteiger partial charge on any atom is -0.490 e. The van der Waals surface area contributed by atoms with Gasteiger partial charge in [-0.15, -0.1) is 0 Å². The summed E-state index contributed by atoms with van der Waals surface area (Å²) in [5, 5.41) is 3.08. The number of benzene rings is 1. The van der Waals surface area contributed by atoms with E-state index in [1.165, 1.54) is 0 Å². The van der Waals surface area contributed by atoms with Crippen LogP contribution in [0.4, 0.5) is 17.5 Å². The number of hydrogen-bond acceptors (Lipinski definition) is 6. The van der Waals surface area contributed by atoms with Crippen molar-refractivity contribution in [3.8, 4) is 11.5 Å². The fraction of sp³-hybridized carbons (Fsp3) is 0.231. The monoisotopic (exact) mass is 258 g/mol. The molecule has 0 saturated heterocycles. The van der Waals surface area contributed by atoms with Crippen molar-refractivity contribution >= 4 is 17.5 Å². The molecule has 6 nitrogen and oxygen atoms in total. The minimum absolute atomic E-state index is 0.423. The summed E-state index contributed by atoms with van der Waals surface area (Å²) in [7, 11) is 0. The minimum atomic E-state index is 0.423. The first-order valence-electron chi connectivity index (χ1n) is 6.06. The Labute approximate surface area is 110 Å². The highest BCUT2D eigenvalue weighted by atomic mass is 16.5. The van der Waals surface area contributed by atoms with Crippen LogP contribution in [0.5, 0.6) is 11.5 Å². The molecule has 3 rings (SSSR count). The van der Waals surface area contributed by atoms with Crippen LogP contribution in [0.1, 0.15) is 6.42 Å². The molecule has 0 fully saturated rings. The lowest BCUT2D eigenvalue weighted by Gasteiger charge is -2.10. The highest BCUT2D eigenvalue weighted by Crippen LogP contribution is 2.32. The average Bonchev–Trinajstić information content (AvgIpc) is 2.63. The third kappa shape index (κ3) is 2.67. The van der Waals surface area contributed by atoms with Gasteiger partial charge in [-0.3, -0.25) is 0 Å². The van der Waals surface area contributed by atoms with E-state index in [0.717, 1.165) is 23.6 Å². The van der Waals surface area contributed by atoms with Crippen LogP contribution in [0, 0.1) is 0 Å². The molecule has 1 aliphatic heterocycles. The topological polar surface area (TPSA) is 82.3 Å². The van der Waals surface area contributed by atoms with Crippen LogP contribution in [0.15, 0.2) is 30.5 Å². The van der Waals surface area contributed by atoms with Gasteiger partial charge in [0.1, 0.15) is 5.82 Å². The van der Waals surface area contributed by atoms with Gasteiger partial charge < -0.3 is 20.5 Å². The zero-order valence-electron chi connectivity index (χ0n) is 10.3. The number of hydrogen-bond donors (Lipinski definition) is 2. The van der Waals surface area contributed by atoms with Crippen LogP contribution < -0.4 is 20.5 Å². The average molecular weight is 258 g/mol. The molecule has 0 saturated carbocycles. The molecule has 1 aromatic carbocycles. The van der Waals surface area contributed by atoms with Crippen LogP contribution in [0.3, 0.4) is 0 Å². The van der Waals surface area contributed by atoms with Gasteiger partial charge in [0.2, 0.25) is 5.95 Å². The van der Waals surface area contributed by atoms with Crippen LogP contribution >= 0.6 is 0 Å². The molecular weight excluding hydrogens is 244 g/mol. The Morgan fingerprint density at radius 2 is 1.95 bits per heavy atom. The number of nitrogens with zero attached hydrogens (tertiary/aromatic N) is 2. The summed E-state index contributed by atoms with van der Waals surface area (Å²) in [6.45, 7) is 1.34. The standard InChI is InChI=1S/C13H14N4O2/c14-12-4-5-15-13(17-12)16-9-2-3-10-11(8-9)19-7-1-6-18-10/h2-5,8H,1,6-7H2,(H3,14,15,16,17). The second kappa shape index (κ2) is 5.01. The maximum Gasteiger partial charge on any atom is 0.229 e. The Bertz CT molecular complexity index is 589. The van der Waals surface area contributed by atoms with E-state index >= 15 is 0 Å². The number of rotatable bonds is 2. The van der Waals surface area contributed by atoms with Crippen molar-refractivity contribution in [3.63, 3.8) is 0 Å². The van der Waals surface area contributed by atoms with Crippen molar-refractivity contribution in [3.05, 3.63) is 30.5 Å². The fourth-order valence-corrected chi connectivity index (χ4v) is 1.80. The van der Waals surface area contributed by atoms with E-state index in [0.29, 0.717) is 25.0 Å². The lowest BCUT2D eigenvalue weighted by Crippen LogP contribution is -2.00. The van der Waals surface area contributed by atoms with Gasteiger partial charge in [-0.05, 0) is 18.2 Å². The summed E-state index contributed by atoms with van der Waals surface area (Å²) in [6.07, 6.45) is 2.49. The van der Waals surface area contributed by atoms with Crippen molar-refractivity contribution in [1.82, 2.24) is 9.97 Å². The molecule has 1 aromatic heterocycles. The quantitative estimate of drug-likeness (QED) is 0.857. The molecule has 0 amide bonds. The first kappa shape index (κ1) is 11.6. The van der Waals surface area contributed by atoms with Crippen molar-refractivity contribution in [1.29, 1.82) is 0 Å². The van der Waals surface area contributed by atoms with Crippen LogP contribution in [-0.4, -0.2) is 23.2 Å². The van der Waals surface area contributed by atoms with Gasteiger partial charge in [0.15, 0.2) is 11.5 Å². The van der Waals surface area contributed by atoms with E-state index in [2.05, 4.69) is 15.3 Å². The third-order valence-electron chi connectivity index (χ3n) is 2.68. The number of aromatic nitrogens is 2. The first-order chi connectivity index (χ1) is 9.31. The van der Waals surface area contributed by atoms with Crippen molar-refractivity contribution < 1.29 is 9.47 Å². The molecule has 6 heteroatoms. The summed E-state index contributed by atoms with van der Waals surface area (Å²) in [4.78, 5) is 8.17. The van der Waals surface area contributed by atoms with Crippen LogP contribution in [0.2, 0.25) is 0 Å². The van der Waals surface area contributed by atoms with E-state index in [1.807, 2.05) is 18.2 Å². The van der Waals surface area contributed by atoms with E-state index in [4.69, 9.17) is 15.2 Å². The predicted molar refractivity (Wildman–Crippen MR) is 71.8 cm³/mol. The highest BCUT2D eigenvalue weighted by molar-refractivity contribution is 5.60. The van der Waals surface area contributed by atoms with Gasteiger partial charge in [-0.1, -0.05) is 0 Å². The van der Waals surface area contributed by atoms with Crippen LogP contribution in [0.25, 0.3) is 0 Å². The number of nitrogens with one attached hydrogen (secondary N) is 1. The number of fused-ring (bicyclic) bond motifs is 1. The van der Waals surface area contributed by atoms with E-state index in [9.17, 15) is 0 Å². The first-order valence-corrected chi connectivity index (χ1v) is 6.06. The SMILES string of the molecule is Nc1ccnc(Nc2ccc3c(c2)OCCCO3)n1. The Morgan fingerprint density at radius 1 is 1.11 bits per heavy atom. The van der Waals surface area contributed by atoms with Gasteiger partial charge in [0, 0.05) is 24.4 Å². The molecule has 19 heavy (non-hydrogen) atoms. The molecule has 2 heterocycles. The van der Waals surface area contributed by atoms with Gasteiger partial charge in [-0.2, -0.15) is 4.98 Å². The maximum absolute atomic E-state index is 5.62.